The van der Waals surface area contributed by atoms with Crippen molar-refractivity contribution in [2.75, 3.05) is 13.1 Å². The summed E-state index contributed by atoms with van der Waals surface area (Å²) in [4.78, 5) is 15.0. The summed E-state index contributed by atoms with van der Waals surface area (Å²) >= 11 is 5.02. The molecule has 1 saturated heterocycles. The molecule has 2 N–H and O–H groups in total. The Balaban J connectivity index is 1.96. The molecule has 19 heavy (non-hydrogen) atoms. The average molecular weight is 276 g/mol. The molecule has 2 rings (SSSR count). The molecule has 1 aliphatic heterocycles. The van der Waals surface area contributed by atoms with E-state index in [9.17, 15) is 4.79 Å². The van der Waals surface area contributed by atoms with Crippen LogP contribution in [-0.2, 0) is 4.79 Å². The Morgan fingerprint density at radius 2 is 1.89 bits per heavy atom. The van der Waals surface area contributed by atoms with E-state index in [1.54, 1.807) is 0 Å². The first-order valence-electron chi connectivity index (χ1n) is 6.72. The van der Waals surface area contributed by atoms with E-state index in [1.807, 2.05) is 42.2 Å². The van der Waals surface area contributed by atoms with Crippen molar-refractivity contribution < 1.29 is 4.79 Å². The quantitative estimate of drug-likeness (QED) is 0.862. The molecule has 1 unspecified atom stereocenters. The second-order valence-electron chi connectivity index (χ2n) is 5.13. The van der Waals surface area contributed by atoms with Gasteiger partial charge in [-0.15, -0.1) is 0 Å². The summed E-state index contributed by atoms with van der Waals surface area (Å²) in [6, 6.07) is 9.92. The second-order valence-corrected chi connectivity index (χ2v) is 5.61. The number of likely N-dealkylation sites (tertiary alicyclic amines) is 1. The third kappa shape index (κ3) is 3.32. The number of hydrogen-bond donors (Lipinski definition) is 1. The molecule has 4 heteroatoms. The molecule has 0 spiro atoms. The number of carbonyl (C=O) groups excluding carboxylic acids is 1. The largest absolute Gasteiger partial charge is 0.393 e. The van der Waals surface area contributed by atoms with Crippen molar-refractivity contribution in [1.82, 2.24) is 4.90 Å². The molecule has 1 aromatic carbocycles. The maximum Gasteiger partial charge on any atom is 0.229 e. The van der Waals surface area contributed by atoms with E-state index < -0.39 is 0 Å². The average Bonchev–Trinajstić information content (AvgIpc) is 2.46. The lowest BCUT2D eigenvalue weighted by molar-refractivity contribution is -0.133. The number of rotatable bonds is 3. The zero-order valence-corrected chi connectivity index (χ0v) is 12.0. The van der Waals surface area contributed by atoms with Gasteiger partial charge in [-0.05, 0) is 25.3 Å². The summed E-state index contributed by atoms with van der Waals surface area (Å²) in [5.74, 6) is 0.418. The monoisotopic (exact) mass is 276 g/mol. The van der Waals surface area contributed by atoms with E-state index in [-0.39, 0.29) is 11.8 Å². The highest BCUT2D eigenvalue weighted by Crippen LogP contribution is 2.23. The molecule has 0 aliphatic carbocycles. The number of amides is 1. The summed E-state index contributed by atoms with van der Waals surface area (Å²) < 4.78 is 0. The van der Waals surface area contributed by atoms with E-state index in [4.69, 9.17) is 18.0 Å². The molecule has 0 saturated carbocycles. The number of piperidine rings is 1. The smallest absolute Gasteiger partial charge is 0.229 e. The molecule has 1 fully saturated rings. The van der Waals surface area contributed by atoms with Crippen LogP contribution in [0, 0.1) is 5.92 Å². The summed E-state index contributed by atoms with van der Waals surface area (Å²) in [7, 11) is 0. The van der Waals surface area contributed by atoms with Gasteiger partial charge in [0.25, 0.3) is 0 Å². The summed E-state index contributed by atoms with van der Waals surface area (Å²) in [5, 5.41) is 0. The van der Waals surface area contributed by atoms with Gasteiger partial charge in [0.2, 0.25) is 5.91 Å². The van der Waals surface area contributed by atoms with E-state index >= 15 is 0 Å². The van der Waals surface area contributed by atoms with Crippen molar-refractivity contribution in [3.8, 4) is 0 Å². The summed E-state index contributed by atoms with van der Waals surface area (Å²) in [6.07, 6.45) is 1.78. The van der Waals surface area contributed by atoms with Crippen molar-refractivity contribution in [2.45, 2.75) is 25.7 Å². The van der Waals surface area contributed by atoms with Crippen LogP contribution in [0.2, 0.25) is 0 Å². The number of benzene rings is 1. The first kappa shape index (κ1) is 14.0. The van der Waals surface area contributed by atoms with Gasteiger partial charge >= 0.3 is 0 Å². The SMILES string of the molecule is CC(C(=O)N1CCC(C(N)=S)CC1)c1ccccc1. The Morgan fingerprint density at radius 1 is 1.32 bits per heavy atom. The van der Waals surface area contributed by atoms with Gasteiger partial charge in [-0.2, -0.15) is 0 Å². The van der Waals surface area contributed by atoms with Gasteiger partial charge in [-0.3, -0.25) is 4.79 Å². The molecule has 3 nitrogen and oxygen atoms in total. The highest BCUT2D eigenvalue weighted by atomic mass is 32.1. The van der Waals surface area contributed by atoms with Gasteiger partial charge in [0.1, 0.15) is 0 Å². The van der Waals surface area contributed by atoms with E-state index in [0.717, 1.165) is 31.5 Å². The molecule has 1 amide bonds. The molecule has 1 aliphatic rings. The molecule has 1 atom stereocenters. The van der Waals surface area contributed by atoms with Crippen LogP contribution in [0.25, 0.3) is 0 Å². The third-order valence-corrected chi connectivity index (χ3v) is 4.21. The zero-order valence-electron chi connectivity index (χ0n) is 11.2. The van der Waals surface area contributed by atoms with Gasteiger partial charge < -0.3 is 10.6 Å². The Labute approximate surface area is 119 Å². The van der Waals surface area contributed by atoms with Crippen molar-refractivity contribution in [3.05, 3.63) is 35.9 Å². The maximum atomic E-state index is 12.4. The molecule has 1 heterocycles. The van der Waals surface area contributed by atoms with Crippen LogP contribution in [-0.4, -0.2) is 28.9 Å². The van der Waals surface area contributed by atoms with Crippen LogP contribution >= 0.6 is 12.2 Å². The lowest BCUT2D eigenvalue weighted by Gasteiger charge is -2.33. The highest BCUT2D eigenvalue weighted by molar-refractivity contribution is 7.80. The van der Waals surface area contributed by atoms with E-state index in [0.29, 0.717) is 10.9 Å². The summed E-state index contributed by atoms with van der Waals surface area (Å²) in [5.41, 5.74) is 6.74. The van der Waals surface area contributed by atoms with Crippen molar-refractivity contribution in [2.24, 2.45) is 11.7 Å². The third-order valence-electron chi connectivity index (χ3n) is 3.88. The predicted molar refractivity (Wildman–Crippen MR) is 80.9 cm³/mol. The lowest BCUT2D eigenvalue weighted by Crippen LogP contribution is -2.42. The van der Waals surface area contributed by atoms with Crippen molar-refractivity contribution in [1.29, 1.82) is 0 Å². The Morgan fingerprint density at radius 3 is 2.42 bits per heavy atom. The second kappa shape index (κ2) is 6.15. The van der Waals surface area contributed by atoms with Gasteiger partial charge in [0.15, 0.2) is 0 Å². The topological polar surface area (TPSA) is 46.3 Å². The van der Waals surface area contributed by atoms with Crippen LogP contribution in [0.5, 0.6) is 0 Å². The predicted octanol–water partition coefficient (Wildman–Crippen LogP) is 2.31. The van der Waals surface area contributed by atoms with Crippen molar-refractivity contribution in [3.63, 3.8) is 0 Å². The molecular weight excluding hydrogens is 256 g/mol. The molecule has 0 radical (unpaired) electrons. The molecular formula is C15H20N2OS. The Kier molecular flexibility index (Phi) is 4.53. The minimum absolute atomic E-state index is 0.0809. The minimum atomic E-state index is -0.0809. The van der Waals surface area contributed by atoms with Crippen LogP contribution in [0.15, 0.2) is 30.3 Å². The molecule has 0 bridgehead atoms. The normalized spacial score (nSPS) is 18.1. The number of nitrogens with two attached hydrogens (primary N) is 1. The Bertz CT molecular complexity index is 452. The van der Waals surface area contributed by atoms with Gasteiger partial charge in [-0.25, -0.2) is 0 Å². The Hall–Kier alpha value is -1.42. The van der Waals surface area contributed by atoms with Crippen LogP contribution in [0.4, 0.5) is 0 Å². The molecule has 102 valence electrons. The van der Waals surface area contributed by atoms with E-state index in [1.165, 1.54) is 0 Å². The summed E-state index contributed by atoms with van der Waals surface area (Å²) in [6.45, 7) is 3.49. The van der Waals surface area contributed by atoms with Crippen LogP contribution < -0.4 is 5.73 Å². The van der Waals surface area contributed by atoms with Gasteiger partial charge in [0.05, 0.1) is 10.9 Å². The van der Waals surface area contributed by atoms with Gasteiger partial charge in [-0.1, -0.05) is 42.5 Å². The van der Waals surface area contributed by atoms with Crippen molar-refractivity contribution >= 4 is 23.1 Å². The zero-order chi connectivity index (χ0) is 13.8. The fourth-order valence-electron chi connectivity index (χ4n) is 2.54. The lowest BCUT2D eigenvalue weighted by atomic mass is 9.94. The number of thiocarbonyl (C=S) groups is 1. The molecule has 1 aromatic rings. The fourth-order valence-corrected chi connectivity index (χ4v) is 2.78. The fraction of sp³-hybridized carbons (Fsp3) is 0.467. The first-order chi connectivity index (χ1) is 9.09. The van der Waals surface area contributed by atoms with Crippen LogP contribution in [0.3, 0.4) is 0 Å². The maximum absolute atomic E-state index is 12.4. The minimum Gasteiger partial charge on any atom is -0.393 e. The number of carbonyl (C=O) groups is 1. The highest BCUT2D eigenvalue weighted by Gasteiger charge is 2.27. The van der Waals surface area contributed by atoms with Gasteiger partial charge in [0, 0.05) is 19.0 Å². The van der Waals surface area contributed by atoms with Crippen LogP contribution in [0.1, 0.15) is 31.2 Å². The standard InChI is InChI=1S/C15H20N2OS/c1-11(12-5-3-2-4-6-12)15(18)17-9-7-13(8-10-17)14(16)19/h2-6,11,13H,7-10H2,1H3,(H2,16,19). The first-order valence-corrected chi connectivity index (χ1v) is 7.13. The van der Waals surface area contributed by atoms with E-state index in [2.05, 4.69) is 0 Å². The number of nitrogens with zero attached hydrogens (tertiary/aromatic N) is 1. The molecule has 0 aromatic heterocycles. The number of hydrogen-bond acceptors (Lipinski definition) is 2.